The minimum Gasteiger partial charge on any atom is -0.481 e. The van der Waals surface area contributed by atoms with Gasteiger partial charge in [-0.15, -0.1) is 0 Å². The molecule has 0 heterocycles. The van der Waals surface area contributed by atoms with Crippen LogP contribution in [0.3, 0.4) is 0 Å². The minimum atomic E-state index is -1.35. The van der Waals surface area contributed by atoms with Crippen LogP contribution in [0.25, 0.3) is 0 Å². The molecule has 3 unspecified atom stereocenters. The van der Waals surface area contributed by atoms with Crippen molar-refractivity contribution >= 4 is 35.6 Å². The molecule has 0 bridgehead atoms. The Morgan fingerprint density at radius 2 is 1.33 bits per heavy atom. The van der Waals surface area contributed by atoms with Crippen LogP contribution < -0.4 is 5.32 Å². The lowest BCUT2D eigenvalue weighted by atomic mass is 9.96. The highest BCUT2D eigenvalue weighted by atomic mass is 16.5. The molecular weight excluding hydrogens is 510 g/mol. The van der Waals surface area contributed by atoms with Gasteiger partial charge >= 0.3 is 17.9 Å². The van der Waals surface area contributed by atoms with Crippen molar-refractivity contribution in [2.45, 2.75) is 98.6 Å². The van der Waals surface area contributed by atoms with E-state index in [9.17, 15) is 33.9 Å². The second-order valence-electron chi connectivity index (χ2n) is 10.1. The van der Waals surface area contributed by atoms with E-state index in [1.165, 1.54) is 9.80 Å². The molecule has 0 aromatic carbocycles. The number of hydrogen-bond donors (Lipinski definition) is 3. The topological polar surface area (TPSA) is 171 Å². The van der Waals surface area contributed by atoms with Gasteiger partial charge in [0.2, 0.25) is 17.7 Å². The number of carbonyl (C=O) groups excluding carboxylic acids is 4. The number of carboxylic acid groups (broad SMARTS) is 2. The molecule has 0 aliphatic heterocycles. The van der Waals surface area contributed by atoms with Crippen molar-refractivity contribution in [3.05, 3.63) is 0 Å². The average molecular weight is 558 g/mol. The van der Waals surface area contributed by atoms with Gasteiger partial charge in [-0.25, -0.2) is 0 Å². The number of ether oxygens (including phenoxy) is 1. The third-order valence-electron chi connectivity index (χ3n) is 6.44. The molecule has 0 spiro atoms. The minimum absolute atomic E-state index is 0.0296. The normalized spacial score (nSPS) is 13.2. The highest BCUT2D eigenvalue weighted by molar-refractivity contribution is 5.93. The van der Waals surface area contributed by atoms with E-state index in [0.29, 0.717) is 25.7 Å². The first-order valence-corrected chi connectivity index (χ1v) is 13.8. The third kappa shape index (κ3) is 14.5. The highest BCUT2D eigenvalue weighted by Gasteiger charge is 2.32. The average Bonchev–Trinajstić information content (AvgIpc) is 2.86. The summed E-state index contributed by atoms with van der Waals surface area (Å²) in [6.07, 6.45) is 1.04. The summed E-state index contributed by atoms with van der Waals surface area (Å²) in [6.45, 7) is 10.4. The predicted octanol–water partition coefficient (Wildman–Crippen LogP) is 2.29. The first-order valence-electron chi connectivity index (χ1n) is 13.8. The number of carbonyl (C=O) groups is 6. The van der Waals surface area contributed by atoms with Crippen molar-refractivity contribution in [2.75, 3.05) is 26.2 Å². The zero-order valence-corrected chi connectivity index (χ0v) is 24.2. The highest BCUT2D eigenvalue weighted by Crippen LogP contribution is 2.12. The fourth-order valence-corrected chi connectivity index (χ4v) is 3.56. The van der Waals surface area contributed by atoms with Crippen LogP contribution in [0.15, 0.2) is 0 Å². The lowest BCUT2D eigenvalue weighted by molar-refractivity contribution is -0.157. The molecule has 0 radical (unpaired) electrons. The molecule has 224 valence electrons. The number of hydrogen-bond acceptors (Lipinski definition) is 7. The Morgan fingerprint density at radius 3 is 1.79 bits per heavy atom. The first kappa shape index (κ1) is 35.8. The summed E-state index contributed by atoms with van der Waals surface area (Å²) in [5.41, 5.74) is 0. The van der Waals surface area contributed by atoms with E-state index in [-0.39, 0.29) is 25.4 Å². The summed E-state index contributed by atoms with van der Waals surface area (Å²) >= 11 is 0. The molecule has 3 N–H and O–H groups in total. The Bertz CT molecular complexity index is 831. The number of carboxylic acids is 2. The standard InChI is InChI=1S/C27H47N3O9/c1-7-10-12-29(17-25(36)39-20(9-3)14-23(32)33)22(31)16-30(13-11-8-2)27(38)21(15-24(34)35)28-26(37)19(6)18(4)5/h18-21H,7-17H2,1-6H3,(H,28,37)(H,32,33)(H,34,35). The van der Waals surface area contributed by atoms with E-state index in [2.05, 4.69) is 5.32 Å². The smallest absolute Gasteiger partial charge is 0.325 e. The maximum atomic E-state index is 13.4. The fraction of sp³-hybridized carbons (Fsp3) is 0.778. The lowest BCUT2D eigenvalue weighted by Crippen LogP contribution is -2.54. The van der Waals surface area contributed by atoms with E-state index >= 15 is 0 Å². The van der Waals surface area contributed by atoms with Gasteiger partial charge in [-0.2, -0.15) is 0 Å². The Kier molecular flexibility index (Phi) is 17.4. The predicted molar refractivity (Wildman–Crippen MR) is 144 cm³/mol. The largest absolute Gasteiger partial charge is 0.481 e. The number of rotatable bonds is 20. The maximum absolute atomic E-state index is 13.4. The molecule has 0 fully saturated rings. The quantitative estimate of drug-likeness (QED) is 0.190. The maximum Gasteiger partial charge on any atom is 0.325 e. The summed E-state index contributed by atoms with van der Waals surface area (Å²) in [4.78, 5) is 76.9. The summed E-state index contributed by atoms with van der Waals surface area (Å²) in [5, 5.41) is 20.9. The molecule has 0 aliphatic carbocycles. The first-order chi connectivity index (χ1) is 18.3. The van der Waals surface area contributed by atoms with Crippen molar-refractivity contribution < 1.29 is 43.7 Å². The van der Waals surface area contributed by atoms with Gasteiger partial charge in [-0.1, -0.05) is 54.4 Å². The number of nitrogens with one attached hydrogen (secondary N) is 1. The second kappa shape index (κ2) is 19.0. The fourth-order valence-electron chi connectivity index (χ4n) is 3.56. The molecule has 12 nitrogen and oxygen atoms in total. The molecule has 0 aromatic heterocycles. The lowest BCUT2D eigenvalue weighted by Gasteiger charge is -2.30. The summed E-state index contributed by atoms with van der Waals surface area (Å²) < 4.78 is 5.25. The van der Waals surface area contributed by atoms with Crippen LogP contribution >= 0.6 is 0 Å². The van der Waals surface area contributed by atoms with Gasteiger partial charge in [0.15, 0.2) is 0 Å². The molecule has 0 aliphatic rings. The number of esters is 1. The zero-order valence-electron chi connectivity index (χ0n) is 24.2. The van der Waals surface area contributed by atoms with E-state index in [1.807, 2.05) is 27.7 Å². The Morgan fingerprint density at radius 1 is 0.795 bits per heavy atom. The van der Waals surface area contributed by atoms with Crippen LogP contribution in [0.2, 0.25) is 0 Å². The van der Waals surface area contributed by atoms with Gasteiger partial charge in [0, 0.05) is 19.0 Å². The Labute approximate surface area is 231 Å². The van der Waals surface area contributed by atoms with Crippen molar-refractivity contribution in [2.24, 2.45) is 11.8 Å². The van der Waals surface area contributed by atoms with Crippen LogP contribution in [-0.4, -0.2) is 94.0 Å². The van der Waals surface area contributed by atoms with E-state index in [1.54, 1.807) is 13.8 Å². The second-order valence-corrected chi connectivity index (χ2v) is 10.1. The van der Waals surface area contributed by atoms with E-state index in [4.69, 9.17) is 9.84 Å². The molecule has 0 saturated carbocycles. The number of nitrogens with zero attached hydrogens (tertiary/aromatic N) is 2. The van der Waals surface area contributed by atoms with Crippen molar-refractivity contribution in [3.8, 4) is 0 Å². The van der Waals surface area contributed by atoms with Gasteiger partial charge in [0.25, 0.3) is 0 Å². The summed E-state index contributed by atoms with van der Waals surface area (Å²) in [5.74, 6) is -5.29. The van der Waals surface area contributed by atoms with Crippen LogP contribution in [0.1, 0.15) is 86.5 Å². The number of amides is 3. The van der Waals surface area contributed by atoms with Gasteiger partial charge in [-0.3, -0.25) is 28.8 Å². The van der Waals surface area contributed by atoms with E-state index < -0.39 is 73.2 Å². The van der Waals surface area contributed by atoms with Crippen LogP contribution in [0.4, 0.5) is 0 Å². The van der Waals surface area contributed by atoms with Crippen molar-refractivity contribution in [3.63, 3.8) is 0 Å². The molecule has 12 heteroatoms. The van der Waals surface area contributed by atoms with Crippen molar-refractivity contribution in [1.82, 2.24) is 15.1 Å². The molecule has 0 rings (SSSR count). The summed E-state index contributed by atoms with van der Waals surface area (Å²) in [7, 11) is 0. The molecule has 39 heavy (non-hydrogen) atoms. The van der Waals surface area contributed by atoms with Crippen LogP contribution in [-0.2, 0) is 33.5 Å². The van der Waals surface area contributed by atoms with Gasteiger partial charge in [-0.05, 0) is 25.2 Å². The number of aliphatic carboxylic acids is 2. The Balaban J connectivity index is 5.79. The van der Waals surface area contributed by atoms with Gasteiger partial charge in [0.1, 0.15) is 18.7 Å². The Hall–Kier alpha value is -3.18. The molecule has 0 saturated heterocycles. The van der Waals surface area contributed by atoms with Crippen LogP contribution in [0, 0.1) is 11.8 Å². The molecule has 3 amide bonds. The monoisotopic (exact) mass is 557 g/mol. The molecule has 0 aromatic rings. The zero-order chi connectivity index (χ0) is 30.1. The van der Waals surface area contributed by atoms with Gasteiger partial charge < -0.3 is 30.1 Å². The van der Waals surface area contributed by atoms with Crippen molar-refractivity contribution in [1.29, 1.82) is 0 Å². The molecule has 3 atom stereocenters. The van der Waals surface area contributed by atoms with Crippen LogP contribution in [0.5, 0.6) is 0 Å². The molecular formula is C27H47N3O9. The van der Waals surface area contributed by atoms with Gasteiger partial charge in [0.05, 0.1) is 19.4 Å². The third-order valence-corrected chi connectivity index (χ3v) is 6.44. The summed E-state index contributed by atoms with van der Waals surface area (Å²) in [6, 6.07) is -1.35. The number of unbranched alkanes of at least 4 members (excludes halogenated alkanes) is 2. The van der Waals surface area contributed by atoms with E-state index in [0.717, 1.165) is 6.42 Å². The SMILES string of the molecule is CCCCN(CC(=O)OC(CC)CC(=O)O)C(=O)CN(CCCC)C(=O)C(CC(=O)O)NC(=O)C(C)C(C)C.